The summed E-state index contributed by atoms with van der Waals surface area (Å²) in [6.07, 6.45) is 0. The molecule has 0 atom stereocenters. The van der Waals surface area contributed by atoms with Crippen molar-refractivity contribution in [3.8, 4) is 0 Å². The smallest absolute Gasteiger partial charge is 0.408 e. The Labute approximate surface area is 110 Å². The molecule has 0 saturated carbocycles. The maximum Gasteiger partial charge on any atom is 0.420 e. The molecule has 19 heavy (non-hydrogen) atoms. The van der Waals surface area contributed by atoms with Crippen molar-refractivity contribution in [3.63, 3.8) is 0 Å². The van der Waals surface area contributed by atoms with Gasteiger partial charge in [0.15, 0.2) is 5.58 Å². The van der Waals surface area contributed by atoms with Gasteiger partial charge in [-0.05, 0) is 17.7 Å². The maximum absolute atomic E-state index is 12.0. The van der Waals surface area contributed by atoms with E-state index in [0.717, 1.165) is 16.8 Å². The Balaban J connectivity index is 2.18. The van der Waals surface area contributed by atoms with Crippen molar-refractivity contribution in [2.75, 3.05) is 12.4 Å². The van der Waals surface area contributed by atoms with Crippen LogP contribution in [0.15, 0.2) is 57.7 Å². The van der Waals surface area contributed by atoms with E-state index in [-0.39, 0.29) is 5.76 Å². The number of benzene rings is 2. The van der Waals surface area contributed by atoms with Crippen LogP contribution in [0.25, 0.3) is 11.1 Å². The van der Waals surface area contributed by atoms with Crippen molar-refractivity contribution in [3.05, 3.63) is 64.6 Å². The molecule has 0 aliphatic carbocycles. The second-order valence-electron chi connectivity index (χ2n) is 4.34. The average Bonchev–Trinajstić information content (AvgIpc) is 2.76. The highest BCUT2D eigenvalue weighted by Crippen LogP contribution is 2.22. The fourth-order valence-corrected chi connectivity index (χ4v) is 2.23. The lowest BCUT2D eigenvalue weighted by molar-refractivity contribution is 0.518. The lowest BCUT2D eigenvalue weighted by Crippen LogP contribution is -2.15. The molecule has 96 valence electrons. The number of nitrogens with one attached hydrogen (secondary N) is 1. The van der Waals surface area contributed by atoms with Gasteiger partial charge in [-0.25, -0.2) is 4.79 Å². The van der Waals surface area contributed by atoms with Crippen LogP contribution in [0.2, 0.25) is 0 Å². The molecule has 0 bridgehead atoms. The Morgan fingerprint density at radius 3 is 2.63 bits per heavy atom. The van der Waals surface area contributed by atoms with E-state index in [1.54, 1.807) is 10.6 Å². The molecular formula is C15H14N2O2. The van der Waals surface area contributed by atoms with Gasteiger partial charge >= 0.3 is 5.76 Å². The first kappa shape index (κ1) is 11.6. The lowest BCUT2D eigenvalue weighted by Gasteiger charge is -2.06. The summed E-state index contributed by atoms with van der Waals surface area (Å²) in [4.78, 5) is 12.0. The molecule has 0 spiro atoms. The standard InChI is InChI=1S/C15H14N2O2/c1-16-12-8-5-9-13-14(12)17(15(18)19-13)10-11-6-3-2-4-7-11/h2-9,16H,10H2,1H3. The van der Waals surface area contributed by atoms with E-state index in [0.29, 0.717) is 12.1 Å². The van der Waals surface area contributed by atoms with Gasteiger partial charge in [-0.2, -0.15) is 0 Å². The first-order valence-electron chi connectivity index (χ1n) is 6.13. The van der Waals surface area contributed by atoms with E-state index < -0.39 is 0 Å². The molecule has 2 aromatic carbocycles. The van der Waals surface area contributed by atoms with E-state index in [2.05, 4.69) is 5.32 Å². The number of oxazole rings is 1. The molecular weight excluding hydrogens is 240 g/mol. The monoisotopic (exact) mass is 254 g/mol. The minimum atomic E-state index is -0.332. The first-order valence-corrected chi connectivity index (χ1v) is 6.13. The fourth-order valence-electron chi connectivity index (χ4n) is 2.23. The van der Waals surface area contributed by atoms with Gasteiger partial charge in [-0.1, -0.05) is 36.4 Å². The predicted molar refractivity (Wildman–Crippen MR) is 75.6 cm³/mol. The number of rotatable bonds is 3. The van der Waals surface area contributed by atoms with E-state index in [4.69, 9.17) is 4.42 Å². The third-order valence-corrected chi connectivity index (χ3v) is 3.14. The van der Waals surface area contributed by atoms with E-state index in [9.17, 15) is 4.79 Å². The Hall–Kier alpha value is -2.49. The summed E-state index contributed by atoms with van der Waals surface area (Å²) in [6.45, 7) is 0.505. The van der Waals surface area contributed by atoms with Gasteiger partial charge in [-0.15, -0.1) is 0 Å². The molecule has 0 radical (unpaired) electrons. The number of para-hydroxylation sites is 1. The number of hydrogen-bond acceptors (Lipinski definition) is 3. The van der Waals surface area contributed by atoms with Crippen LogP contribution in [0.5, 0.6) is 0 Å². The zero-order valence-electron chi connectivity index (χ0n) is 10.6. The molecule has 3 aromatic rings. The van der Waals surface area contributed by atoms with Crippen LogP contribution in [-0.4, -0.2) is 11.6 Å². The third-order valence-electron chi connectivity index (χ3n) is 3.14. The topological polar surface area (TPSA) is 47.2 Å². The lowest BCUT2D eigenvalue weighted by atomic mass is 10.2. The summed E-state index contributed by atoms with van der Waals surface area (Å²) < 4.78 is 6.93. The van der Waals surface area contributed by atoms with Crippen molar-refractivity contribution in [2.45, 2.75) is 6.54 Å². The van der Waals surface area contributed by atoms with Crippen molar-refractivity contribution < 1.29 is 4.42 Å². The van der Waals surface area contributed by atoms with Crippen LogP contribution in [-0.2, 0) is 6.54 Å². The third kappa shape index (κ3) is 2.01. The van der Waals surface area contributed by atoms with Crippen molar-refractivity contribution in [2.24, 2.45) is 0 Å². The molecule has 0 aliphatic rings. The Morgan fingerprint density at radius 2 is 1.89 bits per heavy atom. The van der Waals surface area contributed by atoms with Crippen LogP contribution in [0.1, 0.15) is 5.56 Å². The zero-order valence-corrected chi connectivity index (χ0v) is 10.6. The van der Waals surface area contributed by atoms with Crippen LogP contribution >= 0.6 is 0 Å². The Kier molecular flexibility index (Phi) is 2.83. The Morgan fingerprint density at radius 1 is 1.11 bits per heavy atom. The number of aromatic nitrogens is 1. The number of anilines is 1. The van der Waals surface area contributed by atoms with E-state index >= 15 is 0 Å². The fraction of sp³-hybridized carbons (Fsp3) is 0.133. The van der Waals surface area contributed by atoms with Crippen molar-refractivity contribution in [1.29, 1.82) is 0 Å². The van der Waals surface area contributed by atoms with Gasteiger partial charge in [0.05, 0.1) is 12.2 Å². The molecule has 0 fully saturated rings. The molecule has 0 saturated heterocycles. The van der Waals surface area contributed by atoms with Gasteiger partial charge in [0.1, 0.15) is 5.52 Å². The molecule has 1 heterocycles. The molecule has 0 amide bonds. The van der Waals surface area contributed by atoms with Crippen molar-refractivity contribution >= 4 is 16.8 Å². The summed E-state index contributed by atoms with van der Waals surface area (Å²) in [5.41, 5.74) is 3.36. The Bertz CT molecular complexity index is 757. The summed E-state index contributed by atoms with van der Waals surface area (Å²) in [5, 5.41) is 3.09. The summed E-state index contributed by atoms with van der Waals surface area (Å²) >= 11 is 0. The molecule has 4 nitrogen and oxygen atoms in total. The number of nitrogens with zero attached hydrogens (tertiary/aromatic N) is 1. The molecule has 0 unspecified atom stereocenters. The molecule has 1 aromatic heterocycles. The van der Waals surface area contributed by atoms with Gasteiger partial charge in [0, 0.05) is 7.05 Å². The molecule has 4 heteroatoms. The summed E-state index contributed by atoms with van der Waals surface area (Å²) in [6, 6.07) is 15.5. The largest absolute Gasteiger partial charge is 0.420 e. The van der Waals surface area contributed by atoms with Crippen LogP contribution in [0.4, 0.5) is 5.69 Å². The first-order chi connectivity index (χ1) is 9.29. The number of hydrogen-bond donors (Lipinski definition) is 1. The minimum Gasteiger partial charge on any atom is -0.408 e. The molecule has 1 N–H and O–H groups in total. The normalized spacial score (nSPS) is 10.8. The summed E-state index contributed by atoms with van der Waals surface area (Å²) in [5.74, 6) is -0.332. The van der Waals surface area contributed by atoms with Crippen LogP contribution < -0.4 is 11.1 Å². The van der Waals surface area contributed by atoms with Gasteiger partial charge in [0.25, 0.3) is 0 Å². The molecule has 0 aliphatic heterocycles. The second-order valence-corrected chi connectivity index (χ2v) is 4.34. The van der Waals surface area contributed by atoms with Crippen LogP contribution in [0.3, 0.4) is 0 Å². The second kappa shape index (κ2) is 4.65. The zero-order chi connectivity index (χ0) is 13.2. The summed E-state index contributed by atoms with van der Waals surface area (Å²) in [7, 11) is 1.83. The maximum atomic E-state index is 12.0. The van der Waals surface area contributed by atoms with Gasteiger partial charge < -0.3 is 9.73 Å². The van der Waals surface area contributed by atoms with E-state index in [1.807, 2.05) is 49.5 Å². The quantitative estimate of drug-likeness (QED) is 0.781. The average molecular weight is 254 g/mol. The highest BCUT2D eigenvalue weighted by atomic mass is 16.4. The van der Waals surface area contributed by atoms with E-state index in [1.165, 1.54) is 0 Å². The van der Waals surface area contributed by atoms with Gasteiger partial charge in [0.2, 0.25) is 0 Å². The predicted octanol–water partition coefficient (Wildman–Crippen LogP) is 2.68. The van der Waals surface area contributed by atoms with Crippen LogP contribution in [0, 0.1) is 0 Å². The van der Waals surface area contributed by atoms with Gasteiger partial charge in [-0.3, -0.25) is 4.57 Å². The molecule has 3 rings (SSSR count). The SMILES string of the molecule is CNc1cccc2oc(=O)n(Cc3ccccc3)c12. The minimum absolute atomic E-state index is 0.332. The highest BCUT2D eigenvalue weighted by molar-refractivity contribution is 5.87. The number of fused-ring (bicyclic) bond motifs is 1. The van der Waals surface area contributed by atoms with Crippen molar-refractivity contribution in [1.82, 2.24) is 4.57 Å². The highest BCUT2D eigenvalue weighted by Gasteiger charge is 2.12.